The number of hydrogen-bond acceptors (Lipinski definition) is 6. The first-order valence-corrected chi connectivity index (χ1v) is 12.1. The van der Waals surface area contributed by atoms with Crippen molar-refractivity contribution in [2.24, 2.45) is 0 Å². The molecular weight excluding hydrogens is 503 g/mol. The molecule has 3 aromatic rings. The van der Waals surface area contributed by atoms with Gasteiger partial charge in [0.1, 0.15) is 11.3 Å². The number of anilines is 1. The van der Waals surface area contributed by atoms with Crippen molar-refractivity contribution in [1.82, 2.24) is 9.88 Å². The summed E-state index contributed by atoms with van der Waals surface area (Å²) in [5, 5.41) is 0.597. The minimum atomic E-state index is -3.70. The Hall–Kier alpha value is -1.85. The zero-order chi connectivity index (χ0) is 22.8. The fourth-order valence-electron chi connectivity index (χ4n) is 2.80. The summed E-state index contributed by atoms with van der Waals surface area (Å²) in [6.45, 7) is 0.694. The first-order valence-electron chi connectivity index (χ1n) is 9.26. The predicted octanol–water partition coefficient (Wildman–Crippen LogP) is 4.41. The van der Waals surface area contributed by atoms with Crippen LogP contribution in [0.15, 0.2) is 41.3 Å². The Bertz CT molecular complexity index is 1200. The molecule has 0 saturated carbocycles. The average molecular weight is 524 g/mol. The number of aromatic nitrogens is 1. The third kappa shape index (κ3) is 6.35. The number of fused-ring (bicyclic) bond motifs is 1. The van der Waals surface area contributed by atoms with E-state index in [1.54, 1.807) is 0 Å². The highest BCUT2D eigenvalue weighted by Crippen LogP contribution is 2.31. The fourth-order valence-corrected chi connectivity index (χ4v) is 5.21. The van der Waals surface area contributed by atoms with Crippen LogP contribution in [0.4, 0.5) is 13.9 Å². The van der Waals surface area contributed by atoms with Crippen LogP contribution >= 0.6 is 35.3 Å². The molecule has 0 aliphatic carbocycles. The summed E-state index contributed by atoms with van der Waals surface area (Å²) in [5.74, 6) is -2.43. The number of thiazole rings is 1. The Balaban J connectivity index is 0.00000363. The molecule has 1 aromatic heterocycles. The molecule has 0 fully saturated rings. The molecule has 0 saturated heterocycles. The largest absolute Gasteiger partial charge is 0.308 e. The number of amides is 1. The molecule has 0 atom stereocenters. The fraction of sp³-hybridized carbons (Fsp3) is 0.300. The van der Waals surface area contributed by atoms with Crippen LogP contribution < -0.4 is 4.90 Å². The quantitative estimate of drug-likeness (QED) is 0.437. The molecule has 1 heterocycles. The van der Waals surface area contributed by atoms with E-state index < -0.39 is 33.1 Å². The normalized spacial score (nSPS) is 11.6. The van der Waals surface area contributed by atoms with E-state index in [0.29, 0.717) is 11.6 Å². The molecule has 0 N–H and O–H groups in total. The molecule has 0 unspecified atom stereocenters. The second-order valence-electron chi connectivity index (χ2n) is 7.10. The van der Waals surface area contributed by atoms with E-state index in [2.05, 4.69) is 4.98 Å². The number of likely N-dealkylation sites (N-methyl/N-ethyl adjacent to an activating group) is 1. The van der Waals surface area contributed by atoms with Crippen LogP contribution in [-0.4, -0.2) is 57.1 Å². The van der Waals surface area contributed by atoms with Gasteiger partial charge in [-0.25, -0.2) is 22.2 Å². The van der Waals surface area contributed by atoms with Crippen molar-refractivity contribution < 1.29 is 22.0 Å². The zero-order valence-electron chi connectivity index (χ0n) is 17.2. The van der Waals surface area contributed by atoms with Gasteiger partial charge < -0.3 is 4.90 Å². The first kappa shape index (κ1) is 26.4. The van der Waals surface area contributed by atoms with Gasteiger partial charge in [-0.3, -0.25) is 9.69 Å². The summed E-state index contributed by atoms with van der Waals surface area (Å²) in [6, 6.07) is 7.59. The van der Waals surface area contributed by atoms with E-state index in [1.165, 1.54) is 29.2 Å². The number of halogens is 4. The van der Waals surface area contributed by atoms with Crippen molar-refractivity contribution in [3.05, 3.63) is 53.1 Å². The number of rotatable bonds is 8. The van der Waals surface area contributed by atoms with Crippen LogP contribution in [0.1, 0.15) is 6.42 Å². The number of benzene rings is 2. The number of nitrogens with zero attached hydrogens (tertiary/aromatic N) is 3. The Morgan fingerprint density at radius 2 is 1.78 bits per heavy atom. The monoisotopic (exact) mass is 523 g/mol. The lowest BCUT2D eigenvalue weighted by molar-refractivity contribution is -0.118. The molecule has 2 aromatic carbocycles. The van der Waals surface area contributed by atoms with E-state index in [0.717, 1.165) is 23.5 Å². The standard InChI is InChI=1S/C20H20ClF2N3O3S2.ClH/c1-25(2)8-9-26(20-24-19-16(23)11-14(22)12-17(19)30-20)18(27)7-10-31(28,29)15-5-3-13(21)4-6-15;/h3-6,11-12H,7-10H2,1-2H3;1H. The summed E-state index contributed by atoms with van der Waals surface area (Å²) in [5.41, 5.74) is -0.0298. The summed E-state index contributed by atoms with van der Waals surface area (Å²) in [7, 11) is -0.0582. The molecular formula is C20H21Cl2F2N3O3S2. The molecule has 0 spiro atoms. The number of sulfone groups is 1. The molecule has 3 rings (SSSR count). The Morgan fingerprint density at radius 3 is 2.41 bits per heavy atom. The van der Waals surface area contributed by atoms with Crippen LogP contribution in [0.25, 0.3) is 10.2 Å². The van der Waals surface area contributed by atoms with Crippen LogP contribution in [0.5, 0.6) is 0 Å². The van der Waals surface area contributed by atoms with Crippen LogP contribution in [-0.2, 0) is 14.6 Å². The summed E-state index contributed by atoms with van der Waals surface area (Å²) in [6.07, 6.45) is -0.287. The maximum absolute atomic E-state index is 14.1. The van der Waals surface area contributed by atoms with Crippen molar-refractivity contribution in [2.45, 2.75) is 11.3 Å². The van der Waals surface area contributed by atoms with Gasteiger partial charge in [-0.15, -0.1) is 12.4 Å². The molecule has 174 valence electrons. The van der Waals surface area contributed by atoms with Gasteiger partial charge in [0.25, 0.3) is 0 Å². The molecule has 0 aliphatic heterocycles. The van der Waals surface area contributed by atoms with Crippen molar-refractivity contribution in [2.75, 3.05) is 37.8 Å². The average Bonchev–Trinajstić information content (AvgIpc) is 3.10. The highest BCUT2D eigenvalue weighted by Gasteiger charge is 2.24. The van der Waals surface area contributed by atoms with Gasteiger partial charge in [-0.05, 0) is 44.4 Å². The first-order chi connectivity index (χ1) is 14.6. The topological polar surface area (TPSA) is 70.6 Å². The van der Waals surface area contributed by atoms with Crippen molar-refractivity contribution in [3.63, 3.8) is 0 Å². The summed E-state index contributed by atoms with van der Waals surface area (Å²) < 4.78 is 53.0. The van der Waals surface area contributed by atoms with E-state index >= 15 is 0 Å². The smallest absolute Gasteiger partial charge is 0.229 e. The van der Waals surface area contributed by atoms with Gasteiger partial charge in [0.05, 0.1) is 15.3 Å². The van der Waals surface area contributed by atoms with Gasteiger partial charge in [0, 0.05) is 30.6 Å². The Labute approximate surface area is 200 Å². The highest BCUT2D eigenvalue weighted by atomic mass is 35.5. The van der Waals surface area contributed by atoms with Crippen LogP contribution in [0.2, 0.25) is 5.02 Å². The lowest BCUT2D eigenvalue weighted by atomic mass is 10.3. The SMILES string of the molecule is CN(C)CCN(C(=O)CCS(=O)(=O)c1ccc(Cl)cc1)c1nc2c(F)cc(F)cc2s1.Cl. The number of carbonyl (C=O) groups is 1. The number of hydrogen-bond donors (Lipinski definition) is 0. The molecule has 0 aliphatic rings. The third-order valence-corrected chi connectivity index (χ3v) is 7.47. The van der Waals surface area contributed by atoms with Gasteiger partial charge in [-0.1, -0.05) is 22.9 Å². The highest BCUT2D eigenvalue weighted by molar-refractivity contribution is 7.91. The molecule has 12 heteroatoms. The summed E-state index contributed by atoms with van der Waals surface area (Å²) in [4.78, 5) is 20.3. The molecule has 6 nitrogen and oxygen atoms in total. The maximum atomic E-state index is 14.1. The maximum Gasteiger partial charge on any atom is 0.229 e. The molecule has 0 radical (unpaired) electrons. The van der Waals surface area contributed by atoms with Crippen LogP contribution in [0, 0.1) is 11.6 Å². The Kier molecular flexibility index (Phi) is 8.95. The van der Waals surface area contributed by atoms with Gasteiger partial charge in [0.15, 0.2) is 20.8 Å². The summed E-state index contributed by atoms with van der Waals surface area (Å²) >= 11 is 6.77. The van der Waals surface area contributed by atoms with Crippen molar-refractivity contribution in [3.8, 4) is 0 Å². The molecule has 0 bridgehead atoms. The third-order valence-electron chi connectivity index (χ3n) is 4.46. The minimum Gasteiger partial charge on any atom is -0.308 e. The second-order valence-corrected chi connectivity index (χ2v) is 10.7. The van der Waals surface area contributed by atoms with E-state index in [9.17, 15) is 22.0 Å². The lowest BCUT2D eigenvalue weighted by Gasteiger charge is -2.22. The Morgan fingerprint density at radius 1 is 1.12 bits per heavy atom. The minimum absolute atomic E-state index is 0. The number of carbonyl (C=O) groups excluding carboxylic acids is 1. The predicted molar refractivity (Wildman–Crippen MR) is 126 cm³/mol. The van der Waals surface area contributed by atoms with Gasteiger partial charge in [0.2, 0.25) is 5.91 Å². The molecule has 32 heavy (non-hydrogen) atoms. The van der Waals surface area contributed by atoms with Crippen LogP contribution in [0.3, 0.4) is 0 Å². The van der Waals surface area contributed by atoms with Gasteiger partial charge >= 0.3 is 0 Å². The zero-order valence-corrected chi connectivity index (χ0v) is 20.4. The van der Waals surface area contributed by atoms with E-state index in [-0.39, 0.29) is 45.6 Å². The molecule has 1 amide bonds. The van der Waals surface area contributed by atoms with Gasteiger partial charge in [-0.2, -0.15) is 0 Å². The van der Waals surface area contributed by atoms with Crippen molar-refractivity contribution in [1.29, 1.82) is 0 Å². The lowest BCUT2D eigenvalue weighted by Crippen LogP contribution is -2.37. The van der Waals surface area contributed by atoms with E-state index in [1.807, 2.05) is 19.0 Å². The van der Waals surface area contributed by atoms with Crippen molar-refractivity contribution >= 4 is 66.4 Å². The van der Waals surface area contributed by atoms with E-state index in [4.69, 9.17) is 11.6 Å². The second kappa shape index (κ2) is 10.8.